The van der Waals surface area contributed by atoms with E-state index in [-0.39, 0.29) is 11.9 Å². The van der Waals surface area contributed by atoms with E-state index in [0.717, 1.165) is 50.9 Å². The van der Waals surface area contributed by atoms with Crippen LogP contribution in [-0.2, 0) is 11.3 Å². The fourth-order valence-corrected chi connectivity index (χ4v) is 3.45. The third-order valence-corrected chi connectivity index (χ3v) is 4.59. The molecule has 5 heteroatoms. The third-order valence-electron chi connectivity index (χ3n) is 4.59. The Morgan fingerprint density at radius 3 is 2.81 bits per heavy atom. The van der Waals surface area contributed by atoms with E-state index < -0.39 is 0 Å². The molecule has 2 fully saturated rings. The molecule has 5 nitrogen and oxygen atoms in total. The smallest absolute Gasteiger partial charge is 0.237 e. The molecule has 0 radical (unpaired) electrons. The fraction of sp³-hybridized carbons (Fsp3) is 0.625. The summed E-state index contributed by atoms with van der Waals surface area (Å²) in [5, 5.41) is 6.48. The minimum atomic E-state index is 0.0648. The van der Waals surface area contributed by atoms with Crippen LogP contribution in [0.1, 0.15) is 31.2 Å². The standard InChI is InChI=1S/C16H24N4O/c21-16(19-12-13-3-7-17-8-4-13)15-2-1-11-20(15)14-5-9-18-10-6-14/h3-4,7-8,14-15,18H,1-2,5-6,9-12H2,(H,19,21). The Hall–Kier alpha value is -1.46. The van der Waals surface area contributed by atoms with Crippen molar-refractivity contribution >= 4 is 5.91 Å². The third kappa shape index (κ3) is 3.60. The maximum Gasteiger partial charge on any atom is 0.237 e. The molecule has 1 amide bonds. The van der Waals surface area contributed by atoms with Gasteiger partial charge in [-0.15, -0.1) is 0 Å². The molecule has 2 N–H and O–H groups in total. The van der Waals surface area contributed by atoms with Crippen molar-refractivity contribution in [1.29, 1.82) is 0 Å². The highest BCUT2D eigenvalue weighted by Crippen LogP contribution is 2.24. The van der Waals surface area contributed by atoms with Gasteiger partial charge in [-0.05, 0) is 63.0 Å². The normalized spacial score (nSPS) is 24.1. The van der Waals surface area contributed by atoms with Crippen molar-refractivity contribution in [3.8, 4) is 0 Å². The number of likely N-dealkylation sites (tertiary alicyclic amines) is 1. The minimum Gasteiger partial charge on any atom is -0.351 e. The molecular weight excluding hydrogens is 264 g/mol. The molecule has 3 heterocycles. The Bertz CT molecular complexity index is 459. The van der Waals surface area contributed by atoms with Gasteiger partial charge in [-0.25, -0.2) is 0 Å². The summed E-state index contributed by atoms with van der Waals surface area (Å²) in [5.41, 5.74) is 1.10. The van der Waals surface area contributed by atoms with Crippen molar-refractivity contribution in [2.75, 3.05) is 19.6 Å². The van der Waals surface area contributed by atoms with E-state index in [0.29, 0.717) is 12.6 Å². The lowest BCUT2D eigenvalue weighted by Gasteiger charge is -2.35. The highest BCUT2D eigenvalue weighted by molar-refractivity contribution is 5.82. The SMILES string of the molecule is O=C(NCc1ccncc1)C1CCCN1C1CCNCC1. The molecule has 1 unspecified atom stereocenters. The average molecular weight is 288 g/mol. The number of nitrogens with one attached hydrogen (secondary N) is 2. The predicted octanol–water partition coefficient (Wildman–Crippen LogP) is 0.914. The molecule has 2 aliphatic heterocycles. The number of pyridine rings is 1. The Morgan fingerprint density at radius 2 is 2.05 bits per heavy atom. The lowest BCUT2D eigenvalue weighted by molar-refractivity contribution is -0.126. The van der Waals surface area contributed by atoms with Crippen molar-refractivity contribution in [3.05, 3.63) is 30.1 Å². The number of hydrogen-bond donors (Lipinski definition) is 2. The topological polar surface area (TPSA) is 57.3 Å². The van der Waals surface area contributed by atoms with Gasteiger partial charge in [0, 0.05) is 25.0 Å². The van der Waals surface area contributed by atoms with Gasteiger partial charge in [-0.1, -0.05) is 0 Å². The molecule has 1 aromatic rings. The number of hydrogen-bond acceptors (Lipinski definition) is 4. The van der Waals surface area contributed by atoms with Crippen LogP contribution < -0.4 is 10.6 Å². The van der Waals surface area contributed by atoms with Crippen LogP contribution in [0.25, 0.3) is 0 Å². The zero-order valence-electron chi connectivity index (χ0n) is 12.4. The van der Waals surface area contributed by atoms with E-state index in [2.05, 4.69) is 20.5 Å². The van der Waals surface area contributed by atoms with Gasteiger partial charge in [0.05, 0.1) is 6.04 Å². The number of nitrogens with zero attached hydrogens (tertiary/aromatic N) is 2. The molecule has 1 aromatic heterocycles. The van der Waals surface area contributed by atoms with E-state index in [1.807, 2.05) is 12.1 Å². The maximum atomic E-state index is 12.5. The highest BCUT2D eigenvalue weighted by Gasteiger charge is 2.35. The first-order valence-electron chi connectivity index (χ1n) is 7.97. The van der Waals surface area contributed by atoms with Crippen molar-refractivity contribution in [2.24, 2.45) is 0 Å². The minimum absolute atomic E-state index is 0.0648. The summed E-state index contributed by atoms with van der Waals surface area (Å²) in [6.45, 7) is 3.81. The van der Waals surface area contributed by atoms with Crippen LogP contribution >= 0.6 is 0 Å². The molecule has 3 rings (SSSR count). The summed E-state index contributed by atoms with van der Waals surface area (Å²) < 4.78 is 0. The molecule has 0 saturated carbocycles. The Morgan fingerprint density at radius 1 is 1.29 bits per heavy atom. The van der Waals surface area contributed by atoms with Crippen LogP contribution in [-0.4, -0.2) is 47.5 Å². The van der Waals surface area contributed by atoms with Gasteiger partial charge in [0.1, 0.15) is 0 Å². The number of piperidine rings is 1. The molecule has 2 aliphatic rings. The van der Waals surface area contributed by atoms with Crippen molar-refractivity contribution in [3.63, 3.8) is 0 Å². The van der Waals surface area contributed by atoms with Crippen molar-refractivity contribution < 1.29 is 4.79 Å². The lowest BCUT2D eigenvalue weighted by Crippen LogP contribution is -2.50. The molecule has 0 aromatic carbocycles. The summed E-state index contributed by atoms with van der Waals surface area (Å²) in [6, 6.07) is 4.53. The van der Waals surface area contributed by atoms with Crippen molar-refractivity contribution in [2.45, 2.75) is 44.3 Å². The summed E-state index contributed by atoms with van der Waals surface area (Å²) in [6.07, 6.45) is 7.97. The van der Waals surface area contributed by atoms with Crippen LogP contribution in [0.4, 0.5) is 0 Å². The van der Waals surface area contributed by atoms with Gasteiger partial charge < -0.3 is 10.6 Å². The largest absolute Gasteiger partial charge is 0.351 e. The molecule has 21 heavy (non-hydrogen) atoms. The van der Waals surface area contributed by atoms with E-state index in [4.69, 9.17) is 0 Å². The van der Waals surface area contributed by atoms with Gasteiger partial charge in [0.25, 0.3) is 0 Å². The molecule has 114 valence electrons. The summed E-state index contributed by atoms with van der Waals surface area (Å²) in [4.78, 5) is 18.9. The number of carbonyl (C=O) groups excluding carboxylic acids is 1. The van der Waals surface area contributed by atoms with Gasteiger partial charge in [0.2, 0.25) is 5.91 Å². The number of amides is 1. The Kier molecular flexibility index (Phi) is 4.83. The van der Waals surface area contributed by atoms with Gasteiger partial charge >= 0.3 is 0 Å². The predicted molar refractivity (Wildman–Crippen MR) is 81.7 cm³/mol. The number of carbonyl (C=O) groups is 1. The summed E-state index contributed by atoms with van der Waals surface area (Å²) in [7, 11) is 0. The van der Waals surface area contributed by atoms with E-state index >= 15 is 0 Å². The monoisotopic (exact) mass is 288 g/mol. The maximum absolute atomic E-state index is 12.5. The highest BCUT2D eigenvalue weighted by atomic mass is 16.2. The Labute approximate surface area is 126 Å². The van der Waals surface area contributed by atoms with Crippen LogP contribution in [0.2, 0.25) is 0 Å². The number of aromatic nitrogens is 1. The van der Waals surface area contributed by atoms with E-state index in [1.54, 1.807) is 12.4 Å². The molecule has 0 spiro atoms. The number of rotatable bonds is 4. The second-order valence-corrected chi connectivity index (χ2v) is 5.95. The molecular formula is C16H24N4O. The molecule has 0 aliphatic carbocycles. The van der Waals surface area contributed by atoms with Gasteiger partial charge in [-0.2, -0.15) is 0 Å². The van der Waals surface area contributed by atoms with Crippen LogP contribution in [0, 0.1) is 0 Å². The first kappa shape index (κ1) is 14.5. The fourth-order valence-electron chi connectivity index (χ4n) is 3.45. The molecule has 0 bridgehead atoms. The second-order valence-electron chi connectivity index (χ2n) is 5.95. The van der Waals surface area contributed by atoms with Gasteiger partial charge in [0.15, 0.2) is 0 Å². The zero-order chi connectivity index (χ0) is 14.5. The summed E-state index contributed by atoms with van der Waals surface area (Å²) >= 11 is 0. The van der Waals surface area contributed by atoms with Crippen LogP contribution in [0.5, 0.6) is 0 Å². The zero-order valence-corrected chi connectivity index (χ0v) is 12.4. The van der Waals surface area contributed by atoms with Crippen LogP contribution in [0.3, 0.4) is 0 Å². The first-order valence-corrected chi connectivity index (χ1v) is 7.97. The van der Waals surface area contributed by atoms with E-state index in [9.17, 15) is 4.79 Å². The van der Waals surface area contributed by atoms with Crippen molar-refractivity contribution in [1.82, 2.24) is 20.5 Å². The molecule has 1 atom stereocenters. The summed E-state index contributed by atoms with van der Waals surface area (Å²) in [5.74, 6) is 0.183. The quantitative estimate of drug-likeness (QED) is 0.865. The first-order chi connectivity index (χ1) is 10.3. The van der Waals surface area contributed by atoms with E-state index in [1.165, 1.54) is 0 Å². The van der Waals surface area contributed by atoms with Gasteiger partial charge in [-0.3, -0.25) is 14.7 Å². The lowest BCUT2D eigenvalue weighted by atomic mass is 10.0. The molecule has 2 saturated heterocycles. The second kappa shape index (κ2) is 7.00. The Balaban J connectivity index is 1.55. The average Bonchev–Trinajstić information content (AvgIpc) is 3.04. The van der Waals surface area contributed by atoms with Crippen LogP contribution in [0.15, 0.2) is 24.5 Å².